The predicted molar refractivity (Wildman–Crippen MR) is 328 cm³/mol. The van der Waals surface area contributed by atoms with Gasteiger partial charge in [-0.1, -0.05) is 212 Å². The van der Waals surface area contributed by atoms with Crippen molar-refractivity contribution in [2.24, 2.45) is 0 Å². The molecule has 0 aliphatic heterocycles. The van der Waals surface area contributed by atoms with Gasteiger partial charge < -0.3 is 14.4 Å². The van der Waals surface area contributed by atoms with Crippen molar-refractivity contribution in [3.63, 3.8) is 0 Å². The number of fused-ring (bicyclic) bond motifs is 8. The molecule has 1 aliphatic carbocycles. The summed E-state index contributed by atoms with van der Waals surface area (Å²) in [4.78, 5) is 4.24. The molecule has 1 heterocycles. The summed E-state index contributed by atoms with van der Waals surface area (Å²) in [5, 5.41) is 6.46. The van der Waals surface area contributed by atoms with Gasteiger partial charge in [-0.05, 0) is 158 Å². The monoisotopic (exact) mass is 997 g/mol. The maximum Gasteiger partial charge on any atom is 0.0714 e. The van der Waals surface area contributed by atoms with Crippen LogP contribution in [0.5, 0.6) is 0 Å². The lowest BCUT2D eigenvalue weighted by Gasteiger charge is -2.35. The minimum atomic E-state index is -0.684. The first-order valence-corrected chi connectivity index (χ1v) is 26.6. The highest BCUT2D eigenvalue weighted by Crippen LogP contribution is 2.57. The minimum Gasteiger partial charge on any atom is -0.310 e. The van der Waals surface area contributed by atoms with E-state index in [1.807, 2.05) is 65.6 Å². The van der Waals surface area contributed by atoms with Crippen LogP contribution in [0.4, 0.5) is 34.1 Å². The number of para-hydroxylation sites is 3. The highest BCUT2D eigenvalue weighted by Gasteiger charge is 2.46. The molecule has 0 radical (unpaired) electrons. The Balaban J connectivity index is 0.855. The molecular formula is C75H51N3. The first kappa shape index (κ1) is 41.1. The summed E-state index contributed by atoms with van der Waals surface area (Å²) in [7, 11) is 0. The SMILES string of the molecule is [2H]c1c([2H])c(N(c2ccccc2)c2ccc3c(c2)C(c2ccccc2)(c2ccccc2)c2ccccc2-3)c([2H])c([2H])c1-c1ccc2cc(N(c3ccc4c(c3)c3ccccc3n4-c3ccccc3)c3cccc4ccccc34)ccc2c1. The summed E-state index contributed by atoms with van der Waals surface area (Å²) in [6, 6.07) is 98.8. The van der Waals surface area contributed by atoms with Crippen LogP contribution in [0.3, 0.4) is 0 Å². The van der Waals surface area contributed by atoms with Crippen molar-refractivity contribution in [3.8, 4) is 27.9 Å². The van der Waals surface area contributed by atoms with Gasteiger partial charge in [0.2, 0.25) is 0 Å². The molecule has 0 bridgehead atoms. The Morgan fingerprint density at radius 1 is 0.308 bits per heavy atom. The fraction of sp³-hybridized carbons (Fsp3) is 0.0133. The molecule has 1 aromatic heterocycles. The van der Waals surface area contributed by atoms with Gasteiger partial charge in [0, 0.05) is 50.3 Å². The van der Waals surface area contributed by atoms with Gasteiger partial charge in [-0.2, -0.15) is 0 Å². The lowest BCUT2D eigenvalue weighted by molar-refractivity contribution is 0.768. The molecule has 1 aliphatic rings. The average molecular weight is 998 g/mol. The van der Waals surface area contributed by atoms with E-state index in [-0.39, 0.29) is 35.4 Å². The maximum absolute atomic E-state index is 9.92. The van der Waals surface area contributed by atoms with E-state index < -0.39 is 5.41 Å². The second-order valence-electron chi connectivity index (χ2n) is 20.1. The number of hydrogen-bond acceptors (Lipinski definition) is 2. The second-order valence-corrected chi connectivity index (χ2v) is 20.1. The standard InChI is InChI=1S/C75H51N3/c1-5-22-57(23-6-1)75(58-24-7-2-8-25-58)70-33-17-15-31-66(70)67-46-44-64(51-71(67)75)76(59-26-9-3-10-27-59)61-41-38-52(39-42-61)54-36-37-56-49-62(43-40-55(56)48-54)77(72-35-19-21-53-20-13-14-30-65(53)72)63-45-47-74-69(50-63)68-32-16-18-34-73(68)78(74)60-28-11-4-12-29-60/h1-51H/i38D,39D,41D,42D. The molecule has 0 amide bonds. The Morgan fingerprint density at radius 2 is 0.872 bits per heavy atom. The van der Waals surface area contributed by atoms with E-state index in [1.165, 1.54) is 10.9 Å². The predicted octanol–water partition coefficient (Wildman–Crippen LogP) is 20.1. The van der Waals surface area contributed by atoms with Crippen molar-refractivity contribution in [2.75, 3.05) is 9.80 Å². The zero-order chi connectivity index (χ0) is 55.1. The summed E-state index contributed by atoms with van der Waals surface area (Å²) < 4.78 is 41.8. The molecular weight excluding hydrogens is 943 g/mol. The van der Waals surface area contributed by atoms with E-state index in [0.29, 0.717) is 5.56 Å². The molecule has 0 spiro atoms. The van der Waals surface area contributed by atoms with Crippen LogP contribution in [-0.4, -0.2) is 4.57 Å². The van der Waals surface area contributed by atoms with Crippen molar-refractivity contribution in [1.29, 1.82) is 0 Å². The molecule has 0 N–H and O–H groups in total. The van der Waals surface area contributed by atoms with Gasteiger partial charge in [-0.15, -0.1) is 0 Å². The van der Waals surface area contributed by atoms with Gasteiger partial charge in [-0.25, -0.2) is 0 Å². The van der Waals surface area contributed by atoms with Crippen molar-refractivity contribution in [2.45, 2.75) is 5.41 Å². The molecule has 366 valence electrons. The Kier molecular flexibility index (Phi) is 9.77. The Bertz CT molecular complexity index is 4740. The fourth-order valence-electron chi connectivity index (χ4n) is 12.4. The molecule has 0 unspecified atom stereocenters. The molecule has 15 rings (SSSR count). The van der Waals surface area contributed by atoms with Crippen LogP contribution >= 0.6 is 0 Å². The zero-order valence-corrected chi connectivity index (χ0v) is 42.5. The van der Waals surface area contributed by atoms with E-state index in [9.17, 15) is 5.48 Å². The van der Waals surface area contributed by atoms with E-state index >= 15 is 0 Å². The molecule has 0 atom stereocenters. The smallest absolute Gasteiger partial charge is 0.0714 e. The van der Waals surface area contributed by atoms with Crippen LogP contribution in [0.1, 0.15) is 27.7 Å². The number of anilines is 6. The van der Waals surface area contributed by atoms with Gasteiger partial charge in [-0.3, -0.25) is 0 Å². The van der Waals surface area contributed by atoms with E-state index in [1.54, 1.807) is 0 Å². The molecule has 0 fully saturated rings. The van der Waals surface area contributed by atoms with Crippen molar-refractivity contribution in [3.05, 3.63) is 332 Å². The quantitative estimate of drug-likeness (QED) is 0.135. The largest absolute Gasteiger partial charge is 0.310 e. The van der Waals surface area contributed by atoms with E-state index in [2.05, 4.69) is 234 Å². The number of rotatable bonds is 10. The first-order valence-electron chi connectivity index (χ1n) is 28.6. The van der Waals surface area contributed by atoms with Gasteiger partial charge in [0.15, 0.2) is 0 Å². The van der Waals surface area contributed by atoms with E-state index in [4.69, 9.17) is 0 Å². The van der Waals surface area contributed by atoms with Crippen LogP contribution in [0.15, 0.2) is 309 Å². The highest BCUT2D eigenvalue weighted by atomic mass is 15.1. The van der Waals surface area contributed by atoms with Crippen LogP contribution in [0.25, 0.3) is 71.3 Å². The van der Waals surface area contributed by atoms with Crippen LogP contribution < -0.4 is 9.80 Å². The third-order valence-corrected chi connectivity index (χ3v) is 15.9. The minimum absolute atomic E-state index is 0.115. The molecule has 3 nitrogen and oxygen atoms in total. The Hall–Kier alpha value is -10.2. The Morgan fingerprint density at radius 3 is 1.65 bits per heavy atom. The van der Waals surface area contributed by atoms with Gasteiger partial charge in [0.1, 0.15) is 0 Å². The van der Waals surface area contributed by atoms with Crippen LogP contribution in [0, 0.1) is 0 Å². The number of nitrogens with zero attached hydrogens (tertiary/aromatic N) is 3. The van der Waals surface area contributed by atoms with Crippen molar-refractivity contribution in [1.82, 2.24) is 4.57 Å². The lowest BCUT2D eigenvalue weighted by Crippen LogP contribution is -2.28. The molecule has 0 saturated carbocycles. The van der Waals surface area contributed by atoms with Gasteiger partial charge in [0.05, 0.1) is 27.6 Å². The number of benzene rings is 13. The maximum atomic E-state index is 9.92. The van der Waals surface area contributed by atoms with Gasteiger partial charge in [0.25, 0.3) is 0 Å². The fourth-order valence-corrected chi connectivity index (χ4v) is 12.4. The third-order valence-electron chi connectivity index (χ3n) is 15.9. The van der Waals surface area contributed by atoms with Crippen LogP contribution in [-0.2, 0) is 5.41 Å². The average Bonchev–Trinajstić information content (AvgIpc) is 3.61. The number of hydrogen-bond donors (Lipinski definition) is 0. The topological polar surface area (TPSA) is 11.4 Å². The summed E-state index contributed by atoms with van der Waals surface area (Å²) in [5.41, 5.74) is 14.9. The molecule has 3 heteroatoms. The first-order chi connectivity index (χ1) is 40.4. The summed E-state index contributed by atoms with van der Waals surface area (Å²) in [6.45, 7) is 0. The third kappa shape index (κ3) is 7.28. The lowest BCUT2D eigenvalue weighted by atomic mass is 9.67. The van der Waals surface area contributed by atoms with Crippen molar-refractivity contribution < 1.29 is 5.48 Å². The highest BCUT2D eigenvalue weighted by molar-refractivity contribution is 6.11. The molecule has 0 saturated heterocycles. The molecule has 13 aromatic carbocycles. The van der Waals surface area contributed by atoms with Crippen molar-refractivity contribution >= 4 is 77.5 Å². The zero-order valence-electron chi connectivity index (χ0n) is 46.5. The Labute approximate surface area is 460 Å². The second kappa shape index (κ2) is 18.6. The number of aromatic nitrogens is 1. The van der Waals surface area contributed by atoms with E-state index in [0.717, 1.165) is 99.9 Å². The summed E-state index contributed by atoms with van der Waals surface area (Å²) in [6.07, 6.45) is 0. The summed E-state index contributed by atoms with van der Waals surface area (Å²) in [5.74, 6) is 0. The molecule has 14 aromatic rings. The summed E-state index contributed by atoms with van der Waals surface area (Å²) >= 11 is 0. The molecule has 78 heavy (non-hydrogen) atoms. The van der Waals surface area contributed by atoms with Gasteiger partial charge >= 0.3 is 0 Å². The van der Waals surface area contributed by atoms with Crippen LogP contribution in [0.2, 0.25) is 0 Å². The normalized spacial score (nSPS) is 13.2.